The van der Waals surface area contributed by atoms with Gasteiger partial charge in [0.1, 0.15) is 0 Å². The molecule has 29 heavy (non-hydrogen) atoms. The van der Waals surface area contributed by atoms with Gasteiger partial charge in [-0.05, 0) is 32.0 Å². The summed E-state index contributed by atoms with van der Waals surface area (Å²) in [5.41, 5.74) is 4.91. The lowest BCUT2D eigenvalue weighted by molar-refractivity contribution is -0.142. The molecule has 6 nitrogen and oxygen atoms in total. The standard InChI is InChI=1S/C22H22N4O2S/c1-3-28-19(27)12-15-13-29-22(25-15)26-21(18-10-6-7-11-23-18)20-14(2)24-17-9-5-4-8-16(17)20/h4-11,13,21,24H,3,12H2,1-2H3,(H,25,26). The monoisotopic (exact) mass is 406 g/mol. The van der Waals surface area contributed by atoms with Crippen molar-refractivity contribution < 1.29 is 9.53 Å². The number of nitrogens with zero attached hydrogens (tertiary/aromatic N) is 2. The van der Waals surface area contributed by atoms with Gasteiger partial charge in [0.2, 0.25) is 0 Å². The van der Waals surface area contributed by atoms with E-state index in [2.05, 4.69) is 39.3 Å². The number of para-hydroxylation sites is 1. The molecular weight excluding hydrogens is 384 g/mol. The maximum Gasteiger partial charge on any atom is 0.311 e. The van der Waals surface area contributed by atoms with Gasteiger partial charge in [-0.25, -0.2) is 4.98 Å². The van der Waals surface area contributed by atoms with Crippen molar-refractivity contribution in [3.63, 3.8) is 0 Å². The molecule has 1 aromatic carbocycles. The minimum Gasteiger partial charge on any atom is -0.466 e. The Hall–Kier alpha value is -3.19. The molecule has 0 bridgehead atoms. The van der Waals surface area contributed by atoms with Crippen LogP contribution in [-0.4, -0.2) is 27.5 Å². The highest BCUT2D eigenvalue weighted by molar-refractivity contribution is 7.13. The van der Waals surface area contributed by atoms with Gasteiger partial charge in [0.05, 0.1) is 30.5 Å². The number of fused-ring (bicyclic) bond motifs is 1. The van der Waals surface area contributed by atoms with Crippen LogP contribution in [0, 0.1) is 6.92 Å². The Balaban J connectivity index is 1.69. The highest BCUT2D eigenvalue weighted by Gasteiger charge is 2.23. The van der Waals surface area contributed by atoms with E-state index in [0.29, 0.717) is 12.3 Å². The molecule has 0 aliphatic carbocycles. The summed E-state index contributed by atoms with van der Waals surface area (Å²) in [6, 6.07) is 14.0. The Kier molecular flexibility index (Phi) is 5.57. The molecule has 0 spiro atoms. The van der Waals surface area contributed by atoms with E-state index in [1.54, 1.807) is 13.1 Å². The van der Waals surface area contributed by atoms with Crippen LogP contribution < -0.4 is 5.32 Å². The molecule has 0 fully saturated rings. The van der Waals surface area contributed by atoms with Gasteiger partial charge in [-0.1, -0.05) is 24.3 Å². The number of benzene rings is 1. The maximum absolute atomic E-state index is 11.8. The minimum atomic E-state index is -0.266. The van der Waals surface area contributed by atoms with Crippen molar-refractivity contribution in [2.75, 3.05) is 11.9 Å². The first-order valence-corrected chi connectivity index (χ1v) is 10.4. The first-order valence-electron chi connectivity index (χ1n) is 9.50. The van der Waals surface area contributed by atoms with Gasteiger partial charge in [0, 0.05) is 33.7 Å². The van der Waals surface area contributed by atoms with Crippen molar-refractivity contribution in [3.05, 3.63) is 76.7 Å². The number of hydrogen-bond acceptors (Lipinski definition) is 6. The molecule has 0 saturated carbocycles. The number of hydrogen-bond donors (Lipinski definition) is 2. The number of H-pyrrole nitrogens is 1. The summed E-state index contributed by atoms with van der Waals surface area (Å²) in [6.07, 6.45) is 1.97. The Morgan fingerprint density at radius 3 is 2.86 bits per heavy atom. The predicted octanol–water partition coefficient (Wildman–Crippen LogP) is 4.63. The van der Waals surface area contributed by atoms with Gasteiger partial charge in [-0.2, -0.15) is 0 Å². The molecule has 1 unspecified atom stereocenters. The van der Waals surface area contributed by atoms with E-state index in [4.69, 9.17) is 4.74 Å². The highest BCUT2D eigenvalue weighted by Crippen LogP contribution is 2.34. The van der Waals surface area contributed by atoms with Crippen molar-refractivity contribution >= 4 is 33.3 Å². The van der Waals surface area contributed by atoms with Gasteiger partial charge in [0.25, 0.3) is 0 Å². The van der Waals surface area contributed by atoms with Gasteiger partial charge in [0.15, 0.2) is 5.13 Å². The number of ether oxygens (including phenoxy) is 1. The molecule has 3 heterocycles. The first-order chi connectivity index (χ1) is 14.2. The van der Waals surface area contributed by atoms with Crippen molar-refractivity contribution in [2.45, 2.75) is 26.3 Å². The summed E-state index contributed by atoms with van der Waals surface area (Å²) < 4.78 is 5.02. The fourth-order valence-electron chi connectivity index (χ4n) is 3.45. The maximum atomic E-state index is 11.8. The predicted molar refractivity (Wildman–Crippen MR) is 115 cm³/mol. The molecule has 0 radical (unpaired) electrons. The van der Waals surface area contributed by atoms with Crippen LogP contribution in [0.25, 0.3) is 10.9 Å². The van der Waals surface area contributed by atoms with Crippen molar-refractivity contribution in [2.24, 2.45) is 0 Å². The zero-order valence-electron chi connectivity index (χ0n) is 16.3. The van der Waals surface area contributed by atoms with Crippen molar-refractivity contribution in [3.8, 4) is 0 Å². The fourth-order valence-corrected chi connectivity index (χ4v) is 4.19. The molecule has 1 atom stereocenters. The lowest BCUT2D eigenvalue weighted by Crippen LogP contribution is -2.15. The van der Waals surface area contributed by atoms with Gasteiger partial charge in [-0.3, -0.25) is 9.78 Å². The molecule has 2 N–H and O–H groups in total. The number of thiazole rings is 1. The quantitative estimate of drug-likeness (QED) is 0.437. The molecule has 0 amide bonds. The third-order valence-electron chi connectivity index (χ3n) is 4.67. The van der Waals surface area contributed by atoms with Crippen LogP contribution in [0.3, 0.4) is 0 Å². The zero-order valence-corrected chi connectivity index (χ0v) is 17.1. The van der Waals surface area contributed by atoms with Gasteiger partial charge < -0.3 is 15.0 Å². The summed E-state index contributed by atoms with van der Waals surface area (Å²) in [6.45, 7) is 4.24. The number of rotatable bonds is 7. The van der Waals surface area contributed by atoms with Crippen LogP contribution in [0.15, 0.2) is 54.0 Å². The van der Waals surface area contributed by atoms with Crippen molar-refractivity contribution in [1.29, 1.82) is 0 Å². The molecule has 3 aromatic heterocycles. The van der Waals surface area contributed by atoms with Gasteiger partial charge in [-0.15, -0.1) is 11.3 Å². The van der Waals surface area contributed by atoms with Crippen LogP contribution in [0.4, 0.5) is 5.13 Å². The summed E-state index contributed by atoms with van der Waals surface area (Å²) in [7, 11) is 0. The lowest BCUT2D eigenvalue weighted by atomic mass is 10.00. The van der Waals surface area contributed by atoms with Crippen LogP contribution >= 0.6 is 11.3 Å². The second-order valence-corrected chi connectivity index (χ2v) is 7.53. The summed E-state index contributed by atoms with van der Waals surface area (Å²) in [5.74, 6) is -0.266. The Labute approximate surface area is 173 Å². The number of pyridine rings is 1. The highest BCUT2D eigenvalue weighted by atomic mass is 32.1. The normalized spacial score (nSPS) is 12.1. The lowest BCUT2D eigenvalue weighted by Gasteiger charge is -2.19. The number of carbonyl (C=O) groups excluding carboxylic acids is 1. The average molecular weight is 407 g/mol. The van der Waals surface area contributed by atoms with E-state index < -0.39 is 0 Å². The Bertz CT molecular complexity index is 1120. The van der Waals surface area contributed by atoms with E-state index in [1.165, 1.54) is 11.3 Å². The molecule has 4 aromatic rings. The molecule has 148 valence electrons. The molecule has 4 rings (SSSR count). The van der Waals surface area contributed by atoms with E-state index >= 15 is 0 Å². The number of aryl methyl sites for hydroxylation is 1. The number of nitrogens with one attached hydrogen (secondary N) is 2. The van der Waals surface area contributed by atoms with Crippen molar-refractivity contribution in [1.82, 2.24) is 15.0 Å². The molecule has 0 saturated heterocycles. The van der Waals surface area contributed by atoms with Crippen LogP contribution in [0.5, 0.6) is 0 Å². The first kappa shape index (κ1) is 19.1. The second-order valence-electron chi connectivity index (χ2n) is 6.67. The number of anilines is 1. The average Bonchev–Trinajstić information content (AvgIpc) is 3.30. The molecular formula is C22H22N4O2S. The van der Waals surface area contributed by atoms with Gasteiger partial charge >= 0.3 is 5.97 Å². The molecule has 0 aliphatic rings. The second kappa shape index (κ2) is 8.45. The van der Waals surface area contributed by atoms with E-state index in [1.807, 2.05) is 35.7 Å². The molecule has 7 heteroatoms. The van der Waals surface area contributed by atoms with E-state index in [0.717, 1.165) is 33.0 Å². The summed E-state index contributed by atoms with van der Waals surface area (Å²) in [5, 5.41) is 7.30. The zero-order chi connectivity index (χ0) is 20.2. The van der Waals surface area contributed by atoms with E-state index in [9.17, 15) is 4.79 Å². The summed E-state index contributed by atoms with van der Waals surface area (Å²) in [4.78, 5) is 24.4. The Morgan fingerprint density at radius 1 is 1.24 bits per heavy atom. The third kappa shape index (κ3) is 4.14. The number of carbonyl (C=O) groups is 1. The van der Waals surface area contributed by atoms with Crippen LogP contribution in [-0.2, 0) is 16.0 Å². The summed E-state index contributed by atoms with van der Waals surface area (Å²) >= 11 is 1.47. The largest absolute Gasteiger partial charge is 0.466 e. The van der Waals surface area contributed by atoms with Crippen LogP contribution in [0.2, 0.25) is 0 Å². The fraction of sp³-hybridized carbons (Fsp3) is 0.227. The smallest absolute Gasteiger partial charge is 0.311 e. The number of esters is 1. The molecule has 0 aliphatic heterocycles. The third-order valence-corrected chi connectivity index (χ3v) is 5.49. The SMILES string of the molecule is CCOC(=O)Cc1csc(NC(c2ccccn2)c2c(C)[nH]c3ccccc23)n1. The van der Waals surface area contributed by atoms with E-state index in [-0.39, 0.29) is 18.4 Å². The number of aromatic amines is 1. The van der Waals surface area contributed by atoms with Crippen LogP contribution in [0.1, 0.15) is 35.6 Å². The Morgan fingerprint density at radius 2 is 2.07 bits per heavy atom. The number of aromatic nitrogens is 3. The topological polar surface area (TPSA) is 79.9 Å². The minimum absolute atomic E-state index is 0.172.